The molecule has 1 rings (SSSR count). The number of pyridine rings is 1. The van der Waals surface area contributed by atoms with E-state index in [4.69, 9.17) is 10.8 Å². The topological polar surface area (TPSA) is 71.5 Å². The molecule has 0 unspecified atom stereocenters. The first-order valence-corrected chi connectivity index (χ1v) is 6.10. The van der Waals surface area contributed by atoms with Gasteiger partial charge >= 0.3 is 0 Å². The van der Waals surface area contributed by atoms with Gasteiger partial charge in [-0.1, -0.05) is 0 Å². The molecular weight excluding hydrogens is 256 g/mol. The molecular formula is C12H19F2N3O2. The summed E-state index contributed by atoms with van der Waals surface area (Å²) in [7, 11) is 0. The van der Waals surface area contributed by atoms with E-state index < -0.39 is 6.43 Å². The van der Waals surface area contributed by atoms with Crippen LogP contribution in [0.15, 0.2) is 23.1 Å². The van der Waals surface area contributed by atoms with Crippen LogP contribution in [0.5, 0.6) is 0 Å². The fourth-order valence-electron chi connectivity index (χ4n) is 1.82. The molecule has 0 saturated carbocycles. The summed E-state index contributed by atoms with van der Waals surface area (Å²) in [5.41, 5.74) is 5.89. The molecule has 0 aliphatic heterocycles. The molecule has 7 heteroatoms. The molecule has 0 aliphatic carbocycles. The maximum atomic E-state index is 12.3. The van der Waals surface area contributed by atoms with Gasteiger partial charge in [0.1, 0.15) is 0 Å². The highest BCUT2D eigenvalue weighted by Crippen LogP contribution is 2.01. The summed E-state index contributed by atoms with van der Waals surface area (Å²) in [5.74, 6) is 0. The van der Waals surface area contributed by atoms with Gasteiger partial charge in [0, 0.05) is 37.6 Å². The van der Waals surface area contributed by atoms with Crippen molar-refractivity contribution >= 4 is 5.69 Å². The summed E-state index contributed by atoms with van der Waals surface area (Å²) in [6, 6.07) is 2.90. The summed E-state index contributed by atoms with van der Waals surface area (Å²) in [6.45, 7) is 0.481. The summed E-state index contributed by atoms with van der Waals surface area (Å²) in [4.78, 5) is 13.0. The summed E-state index contributed by atoms with van der Waals surface area (Å²) in [5, 5.41) is 8.79. The molecule has 0 saturated heterocycles. The number of aryl methyl sites for hydroxylation is 1. The Morgan fingerprint density at radius 3 is 2.74 bits per heavy atom. The molecule has 0 radical (unpaired) electrons. The molecule has 19 heavy (non-hydrogen) atoms. The highest BCUT2D eigenvalue weighted by molar-refractivity contribution is 5.33. The Morgan fingerprint density at radius 2 is 2.11 bits per heavy atom. The number of hydrogen-bond acceptors (Lipinski definition) is 4. The van der Waals surface area contributed by atoms with Crippen LogP contribution in [0.4, 0.5) is 14.5 Å². The number of nitrogens with two attached hydrogens (primary N) is 1. The second kappa shape index (κ2) is 7.85. The van der Waals surface area contributed by atoms with Gasteiger partial charge in [0.15, 0.2) is 0 Å². The number of rotatable bonds is 8. The van der Waals surface area contributed by atoms with Crippen molar-refractivity contribution in [1.29, 1.82) is 0 Å². The Hall–Kier alpha value is -1.47. The lowest BCUT2D eigenvalue weighted by atomic mass is 10.3. The fraction of sp³-hybridized carbons (Fsp3) is 0.583. The second-order valence-corrected chi connectivity index (χ2v) is 4.26. The average Bonchev–Trinajstić information content (AvgIpc) is 2.33. The Bertz CT molecular complexity index is 437. The molecule has 0 aromatic carbocycles. The first-order valence-electron chi connectivity index (χ1n) is 6.10. The van der Waals surface area contributed by atoms with Crippen LogP contribution in [0.1, 0.15) is 6.42 Å². The standard InChI is InChI=1S/C12H19F2N3O2/c13-11(14)9-16(6-7-18)4-1-5-17-8-10(15)2-3-12(17)19/h2-3,8,11,18H,1,4-7,9,15H2. The molecule has 0 fully saturated rings. The van der Waals surface area contributed by atoms with Crippen LogP contribution in [0.2, 0.25) is 0 Å². The number of anilines is 1. The molecule has 1 heterocycles. The Balaban J connectivity index is 2.46. The van der Waals surface area contributed by atoms with Crippen LogP contribution in [0.25, 0.3) is 0 Å². The molecule has 0 spiro atoms. The van der Waals surface area contributed by atoms with E-state index in [1.54, 1.807) is 0 Å². The van der Waals surface area contributed by atoms with E-state index in [0.717, 1.165) is 0 Å². The van der Waals surface area contributed by atoms with Crippen molar-refractivity contribution < 1.29 is 13.9 Å². The van der Waals surface area contributed by atoms with Gasteiger partial charge in [-0.15, -0.1) is 0 Å². The van der Waals surface area contributed by atoms with E-state index in [1.807, 2.05) is 0 Å². The lowest BCUT2D eigenvalue weighted by molar-refractivity contribution is 0.0771. The minimum atomic E-state index is -2.43. The van der Waals surface area contributed by atoms with E-state index in [1.165, 1.54) is 27.8 Å². The monoisotopic (exact) mass is 275 g/mol. The largest absolute Gasteiger partial charge is 0.398 e. The van der Waals surface area contributed by atoms with Crippen LogP contribution < -0.4 is 11.3 Å². The number of aliphatic hydroxyl groups is 1. The zero-order chi connectivity index (χ0) is 14.3. The first kappa shape index (κ1) is 15.6. The number of halogens is 2. The molecule has 0 amide bonds. The zero-order valence-electron chi connectivity index (χ0n) is 10.6. The molecule has 3 N–H and O–H groups in total. The smallest absolute Gasteiger partial charge is 0.251 e. The third-order valence-electron chi connectivity index (χ3n) is 2.69. The average molecular weight is 275 g/mol. The van der Waals surface area contributed by atoms with Crippen molar-refractivity contribution in [2.45, 2.75) is 19.4 Å². The van der Waals surface area contributed by atoms with Crippen LogP contribution in [0, 0.1) is 0 Å². The van der Waals surface area contributed by atoms with E-state index in [9.17, 15) is 13.6 Å². The SMILES string of the molecule is Nc1ccc(=O)n(CCCN(CCO)CC(F)F)c1. The lowest BCUT2D eigenvalue weighted by Gasteiger charge is -2.20. The van der Waals surface area contributed by atoms with Gasteiger partial charge in [0.05, 0.1) is 13.2 Å². The molecule has 5 nitrogen and oxygen atoms in total. The first-order chi connectivity index (χ1) is 9.02. The maximum Gasteiger partial charge on any atom is 0.251 e. The van der Waals surface area contributed by atoms with Crippen LogP contribution >= 0.6 is 0 Å². The number of nitrogen functional groups attached to an aromatic ring is 1. The van der Waals surface area contributed by atoms with Crippen LogP contribution in [-0.2, 0) is 6.54 Å². The van der Waals surface area contributed by atoms with Crippen LogP contribution in [0.3, 0.4) is 0 Å². The minimum absolute atomic E-state index is 0.162. The highest BCUT2D eigenvalue weighted by Gasteiger charge is 2.11. The minimum Gasteiger partial charge on any atom is -0.398 e. The van der Waals surface area contributed by atoms with Gasteiger partial charge in [-0.05, 0) is 12.5 Å². The third kappa shape index (κ3) is 5.80. The normalized spacial score (nSPS) is 11.4. The van der Waals surface area contributed by atoms with Crippen molar-refractivity contribution in [2.24, 2.45) is 0 Å². The molecule has 1 aromatic heterocycles. The summed E-state index contributed by atoms with van der Waals surface area (Å²) >= 11 is 0. The number of aromatic nitrogens is 1. The van der Waals surface area contributed by atoms with Crippen molar-refractivity contribution in [2.75, 3.05) is 32.0 Å². The van der Waals surface area contributed by atoms with Crippen molar-refractivity contribution in [3.63, 3.8) is 0 Å². The molecule has 0 bridgehead atoms. The van der Waals surface area contributed by atoms with Gasteiger partial charge in [0.2, 0.25) is 0 Å². The van der Waals surface area contributed by atoms with Gasteiger partial charge in [-0.3, -0.25) is 9.69 Å². The molecule has 0 atom stereocenters. The fourth-order valence-corrected chi connectivity index (χ4v) is 1.82. The lowest BCUT2D eigenvalue weighted by Crippen LogP contribution is -2.33. The Kier molecular flexibility index (Phi) is 6.44. The number of nitrogens with zero attached hydrogens (tertiary/aromatic N) is 2. The molecule has 0 aliphatic rings. The predicted octanol–water partition coefficient (Wildman–Crippen LogP) is 0.380. The van der Waals surface area contributed by atoms with Gasteiger partial charge in [-0.2, -0.15) is 0 Å². The van der Waals surface area contributed by atoms with Crippen molar-refractivity contribution in [3.8, 4) is 0 Å². The van der Waals surface area contributed by atoms with Gasteiger partial charge in [-0.25, -0.2) is 8.78 Å². The summed E-state index contributed by atoms with van der Waals surface area (Å²) < 4.78 is 26.0. The summed E-state index contributed by atoms with van der Waals surface area (Å²) in [6.07, 6.45) is -0.358. The van der Waals surface area contributed by atoms with Gasteiger partial charge < -0.3 is 15.4 Å². The van der Waals surface area contributed by atoms with Crippen LogP contribution in [-0.4, -0.2) is 47.2 Å². The van der Waals surface area contributed by atoms with E-state index in [0.29, 0.717) is 25.2 Å². The highest BCUT2D eigenvalue weighted by atomic mass is 19.3. The predicted molar refractivity (Wildman–Crippen MR) is 69.3 cm³/mol. The van der Waals surface area contributed by atoms with Crippen molar-refractivity contribution in [1.82, 2.24) is 9.47 Å². The van der Waals surface area contributed by atoms with E-state index in [2.05, 4.69) is 0 Å². The number of alkyl halides is 2. The molecule has 1 aromatic rings. The quantitative estimate of drug-likeness (QED) is 0.719. The Morgan fingerprint density at radius 1 is 1.37 bits per heavy atom. The number of hydrogen-bond donors (Lipinski definition) is 2. The van der Waals surface area contributed by atoms with E-state index in [-0.39, 0.29) is 25.3 Å². The zero-order valence-corrected chi connectivity index (χ0v) is 10.6. The van der Waals surface area contributed by atoms with Crippen molar-refractivity contribution in [3.05, 3.63) is 28.7 Å². The molecule has 108 valence electrons. The Labute approximate surface area is 110 Å². The third-order valence-corrected chi connectivity index (χ3v) is 2.69. The number of aliphatic hydroxyl groups excluding tert-OH is 1. The second-order valence-electron chi connectivity index (χ2n) is 4.26. The van der Waals surface area contributed by atoms with E-state index >= 15 is 0 Å². The van der Waals surface area contributed by atoms with Gasteiger partial charge in [0.25, 0.3) is 12.0 Å². The maximum absolute atomic E-state index is 12.3.